The Labute approximate surface area is 83.2 Å². The molecule has 0 saturated carbocycles. The summed E-state index contributed by atoms with van der Waals surface area (Å²) in [4.78, 5) is 0. The molecule has 0 spiro atoms. The van der Waals surface area contributed by atoms with Crippen molar-refractivity contribution >= 4 is 23.9 Å². The second-order valence-corrected chi connectivity index (χ2v) is 0.707. The van der Waals surface area contributed by atoms with Gasteiger partial charge in [-0.15, -0.1) is 0 Å². The van der Waals surface area contributed by atoms with Crippen molar-refractivity contribution < 1.29 is 0 Å². The highest BCUT2D eigenvalue weighted by molar-refractivity contribution is 6.75. The van der Waals surface area contributed by atoms with Gasteiger partial charge in [-0.1, -0.05) is 20.3 Å². The molecule has 0 aromatic heterocycles. The van der Waals surface area contributed by atoms with Gasteiger partial charge in [-0.3, -0.25) is 0 Å². The molecule has 6 N–H and O–H groups in total. The maximum absolute atomic E-state index is 4.50. The molecule has 0 aliphatic heterocycles. The largest absolute Gasteiger partial charge is 0.333 e. The molecule has 0 heterocycles. The Bertz CT molecular complexity index is 18.0. The lowest BCUT2D eigenvalue weighted by atomic mass is 9.81. The van der Waals surface area contributed by atoms with E-state index in [-0.39, 0.29) is 8.41 Å². The molecule has 0 aromatic rings. The summed E-state index contributed by atoms with van der Waals surface area (Å²) < 4.78 is 0. The van der Waals surface area contributed by atoms with Crippen molar-refractivity contribution in [2.24, 2.45) is 17.2 Å². The molecule has 7 radical (unpaired) electrons. The fraction of sp³-hybridized carbons (Fsp3) is 1.00. The van der Waals surface area contributed by atoms with Crippen molar-refractivity contribution in [3.63, 3.8) is 0 Å². The Morgan fingerprint density at radius 3 is 0.750 bits per heavy atom. The van der Waals surface area contributed by atoms with Crippen LogP contribution < -0.4 is 17.2 Å². The Morgan fingerprint density at radius 2 is 0.750 bits per heavy atom. The summed E-state index contributed by atoms with van der Waals surface area (Å²) in [5.74, 6) is 0. The van der Waals surface area contributed by atoms with E-state index in [1.807, 2.05) is 0 Å². The zero-order valence-electron chi connectivity index (χ0n) is 9.17. The summed E-state index contributed by atoms with van der Waals surface area (Å²) in [6, 6.07) is 0. The number of nitrogens with two attached hydrogens (primary N) is 3. The Balaban J connectivity index is -0.00000000933. The van der Waals surface area contributed by atoms with Gasteiger partial charge in [0.15, 0.2) is 0 Å². The van der Waals surface area contributed by atoms with Gasteiger partial charge in [0, 0.05) is 23.9 Å². The Hall–Kier alpha value is 0.0748. The zero-order valence-corrected chi connectivity index (χ0v) is 9.17. The van der Waals surface area contributed by atoms with Crippen molar-refractivity contribution in [1.29, 1.82) is 0 Å². The van der Waals surface area contributed by atoms with E-state index in [4.69, 9.17) is 0 Å². The van der Waals surface area contributed by atoms with E-state index >= 15 is 0 Å². The predicted octanol–water partition coefficient (Wildman–Crippen LogP) is -1.00. The monoisotopic (exact) mass is 170 g/mol. The molecule has 3 nitrogen and oxygen atoms in total. The molecule has 0 rings (SSSR count). The van der Waals surface area contributed by atoms with Gasteiger partial charge in [-0.2, -0.15) is 0 Å². The fourth-order valence-corrected chi connectivity index (χ4v) is 0. The van der Waals surface area contributed by atoms with Crippen LogP contribution in [-0.4, -0.2) is 45.0 Å². The zero-order chi connectivity index (χ0) is 10.7. The molecule has 71 valence electrons. The van der Waals surface area contributed by atoms with Crippen LogP contribution in [0.15, 0.2) is 0 Å². The van der Waals surface area contributed by atoms with Gasteiger partial charge < -0.3 is 17.2 Å². The lowest BCUT2D eigenvalue weighted by Gasteiger charge is -1.48. The van der Waals surface area contributed by atoms with Gasteiger partial charge in [0.25, 0.3) is 0 Å². The first-order chi connectivity index (χ1) is 5.41. The fourth-order valence-electron chi connectivity index (χ4n) is 0. The third kappa shape index (κ3) is 148000. The lowest BCUT2D eigenvalue weighted by Crippen LogP contribution is -1.69. The summed E-state index contributed by atoms with van der Waals surface area (Å²) in [7, 11) is 12.5. The van der Waals surface area contributed by atoms with Crippen molar-refractivity contribution in [3.05, 3.63) is 0 Å². The van der Waals surface area contributed by atoms with Crippen LogP contribution in [0.2, 0.25) is 0 Å². The maximum atomic E-state index is 4.50. The SMILES string of the molecule is CCC.CN.CN.CN.[B].[B][B]. The normalized spacial score (nSPS) is 3.33. The van der Waals surface area contributed by atoms with E-state index in [0.717, 1.165) is 0 Å². The molecule has 0 bridgehead atoms. The quantitative estimate of drug-likeness (QED) is 0.407. The number of rotatable bonds is 0. The van der Waals surface area contributed by atoms with Crippen LogP contribution in [0.1, 0.15) is 20.3 Å². The minimum Gasteiger partial charge on any atom is -0.333 e. The van der Waals surface area contributed by atoms with Crippen molar-refractivity contribution in [3.8, 4) is 0 Å². The second-order valence-electron chi connectivity index (χ2n) is 0.707. The molecule has 0 aromatic carbocycles. The summed E-state index contributed by atoms with van der Waals surface area (Å²) in [6.07, 6.45) is 1.25. The van der Waals surface area contributed by atoms with E-state index in [9.17, 15) is 0 Å². The van der Waals surface area contributed by atoms with Gasteiger partial charge in [0.2, 0.25) is 0 Å². The maximum Gasteiger partial charge on any atom is 0 e. The lowest BCUT2D eigenvalue weighted by molar-refractivity contribution is 1.09. The highest BCUT2D eigenvalue weighted by Crippen LogP contribution is 1.56. The van der Waals surface area contributed by atoms with Gasteiger partial charge in [0.05, 0.1) is 0 Å². The molecule has 0 unspecified atom stereocenters. The van der Waals surface area contributed by atoms with Gasteiger partial charge in [-0.25, -0.2) is 0 Å². The topological polar surface area (TPSA) is 78.1 Å². The highest BCUT2D eigenvalue weighted by Gasteiger charge is 1.35. The van der Waals surface area contributed by atoms with Crippen LogP contribution in [-0.2, 0) is 0 Å². The molecule has 0 aliphatic carbocycles. The smallest absolute Gasteiger partial charge is 0 e. The molecule has 6 heteroatoms. The molecule has 0 fully saturated rings. The van der Waals surface area contributed by atoms with Crippen LogP contribution >= 0.6 is 0 Å². The number of hydrogen-bond acceptors (Lipinski definition) is 3. The van der Waals surface area contributed by atoms with Crippen LogP contribution in [0.4, 0.5) is 0 Å². The van der Waals surface area contributed by atoms with Crippen molar-refractivity contribution in [1.82, 2.24) is 0 Å². The minimum absolute atomic E-state index is 0. The van der Waals surface area contributed by atoms with Crippen LogP contribution in [0.3, 0.4) is 0 Å². The third-order valence-corrected chi connectivity index (χ3v) is 0. The summed E-state index contributed by atoms with van der Waals surface area (Å²) in [6.45, 7) is 4.25. The first kappa shape index (κ1) is 40.1. The first-order valence-electron chi connectivity index (χ1n) is 3.48. The number of hydrogen-bond donors (Lipinski definition) is 3. The average Bonchev–Trinajstić information content (AvgIpc) is 2.18. The molecule has 0 atom stereocenters. The van der Waals surface area contributed by atoms with E-state index in [1.165, 1.54) is 27.6 Å². The van der Waals surface area contributed by atoms with E-state index < -0.39 is 0 Å². The predicted molar refractivity (Wildman–Crippen MR) is 63.6 cm³/mol. The summed E-state index contributed by atoms with van der Waals surface area (Å²) >= 11 is 0. The first-order valence-corrected chi connectivity index (χ1v) is 3.48. The van der Waals surface area contributed by atoms with E-state index in [1.54, 1.807) is 0 Å². The second kappa shape index (κ2) is 973. The molecule has 0 aliphatic rings. The molecule has 0 amide bonds. The molecular formula is C6H23B3N3. The van der Waals surface area contributed by atoms with E-state index in [2.05, 4.69) is 46.5 Å². The van der Waals surface area contributed by atoms with Gasteiger partial charge in [-0.05, 0) is 21.1 Å². The van der Waals surface area contributed by atoms with Crippen molar-refractivity contribution in [2.75, 3.05) is 21.1 Å². The minimum atomic E-state index is 0. The molecular weight excluding hydrogens is 147 g/mol. The third-order valence-electron chi connectivity index (χ3n) is 0. The van der Waals surface area contributed by atoms with Crippen LogP contribution in [0.25, 0.3) is 0 Å². The standard InChI is InChI=1S/C3H8.3CH5N.B2.B/c1-3-2;4*1-2;/h3H2,1-2H3;3*2H2,1H3;;. The van der Waals surface area contributed by atoms with Gasteiger partial charge >= 0.3 is 0 Å². The van der Waals surface area contributed by atoms with Gasteiger partial charge in [0.1, 0.15) is 0 Å². The summed E-state index contributed by atoms with van der Waals surface area (Å²) in [5, 5.41) is 0. The van der Waals surface area contributed by atoms with Crippen molar-refractivity contribution in [2.45, 2.75) is 20.3 Å². The average molecular weight is 170 g/mol. The molecule has 12 heavy (non-hydrogen) atoms. The van der Waals surface area contributed by atoms with Crippen LogP contribution in [0.5, 0.6) is 0 Å². The van der Waals surface area contributed by atoms with E-state index in [0.29, 0.717) is 0 Å². The Morgan fingerprint density at radius 1 is 0.750 bits per heavy atom. The van der Waals surface area contributed by atoms with Crippen LogP contribution in [0, 0.1) is 0 Å². The summed E-state index contributed by atoms with van der Waals surface area (Å²) in [5.41, 5.74) is 13.5. The molecule has 0 saturated heterocycles. The Kier molecular flexibility index (Phi) is 3250. The highest BCUT2D eigenvalue weighted by atomic mass is 14.4.